The van der Waals surface area contributed by atoms with E-state index in [9.17, 15) is 13.5 Å². The van der Waals surface area contributed by atoms with Crippen molar-refractivity contribution in [1.29, 1.82) is 0 Å². The van der Waals surface area contributed by atoms with Crippen LogP contribution in [0.25, 0.3) is 0 Å². The highest BCUT2D eigenvalue weighted by molar-refractivity contribution is 9.10. The van der Waals surface area contributed by atoms with Crippen LogP contribution in [0, 0.1) is 5.92 Å². The molecule has 102 valence electrons. The molecule has 0 fully saturated rings. The minimum Gasteiger partial charge on any atom is -0.395 e. The Morgan fingerprint density at radius 2 is 1.89 bits per heavy atom. The van der Waals surface area contributed by atoms with Crippen molar-refractivity contribution in [2.24, 2.45) is 5.92 Å². The summed E-state index contributed by atoms with van der Waals surface area (Å²) >= 11 is 3.26. The SMILES string of the molecule is CC[C@@H](C)[C@@H](CO)NS(=O)(=O)c1ccc(Br)cc1. The Bertz CT molecular complexity index is 473. The Hall–Kier alpha value is -0.430. The summed E-state index contributed by atoms with van der Waals surface area (Å²) in [5.41, 5.74) is 0. The molecule has 2 N–H and O–H groups in total. The number of hydrogen-bond donors (Lipinski definition) is 2. The van der Waals surface area contributed by atoms with Crippen LogP contribution >= 0.6 is 15.9 Å². The molecule has 0 aromatic heterocycles. The fourth-order valence-electron chi connectivity index (χ4n) is 1.50. The van der Waals surface area contributed by atoms with Crippen molar-refractivity contribution in [3.8, 4) is 0 Å². The number of aliphatic hydroxyl groups is 1. The van der Waals surface area contributed by atoms with E-state index in [1.165, 1.54) is 12.1 Å². The van der Waals surface area contributed by atoms with Gasteiger partial charge in [0.15, 0.2) is 0 Å². The molecule has 2 atom stereocenters. The summed E-state index contributed by atoms with van der Waals surface area (Å²) in [4.78, 5) is 0.201. The zero-order chi connectivity index (χ0) is 13.8. The van der Waals surface area contributed by atoms with Crippen molar-refractivity contribution in [1.82, 2.24) is 4.72 Å². The first-order valence-corrected chi connectivity index (χ1v) is 8.07. The van der Waals surface area contributed by atoms with Crippen LogP contribution in [0.15, 0.2) is 33.6 Å². The first-order chi connectivity index (χ1) is 8.40. The minimum atomic E-state index is -3.57. The van der Waals surface area contributed by atoms with Crippen molar-refractivity contribution in [2.45, 2.75) is 31.2 Å². The van der Waals surface area contributed by atoms with E-state index in [1.807, 2.05) is 13.8 Å². The van der Waals surface area contributed by atoms with Crippen molar-refractivity contribution in [2.75, 3.05) is 6.61 Å². The number of nitrogens with one attached hydrogen (secondary N) is 1. The molecule has 0 aliphatic rings. The lowest BCUT2D eigenvalue weighted by Crippen LogP contribution is -2.41. The van der Waals surface area contributed by atoms with E-state index >= 15 is 0 Å². The summed E-state index contributed by atoms with van der Waals surface area (Å²) in [5, 5.41) is 9.25. The van der Waals surface area contributed by atoms with Gasteiger partial charge in [0.25, 0.3) is 0 Å². The van der Waals surface area contributed by atoms with Crippen LogP contribution in [0.5, 0.6) is 0 Å². The van der Waals surface area contributed by atoms with E-state index in [4.69, 9.17) is 0 Å². The standard InChI is InChI=1S/C12H18BrNO3S/c1-3-9(2)12(8-15)14-18(16,17)11-6-4-10(13)5-7-11/h4-7,9,12,14-15H,3,8H2,1-2H3/t9-,12-/m1/s1. The molecule has 6 heteroatoms. The predicted molar refractivity (Wildman–Crippen MR) is 74.8 cm³/mol. The molecule has 1 aromatic rings. The average Bonchev–Trinajstić information content (AvgIpc) is 2.35. The molecule has 18 heavy (non-hydrogen) atoms. The van der Waals surface area contributed by atoms with Gasteiger partial charge in [-0.3, -0.25) is 0 Å². The molecule has 0 spiro atoms. The zero-order valence-corrected chi connectivity index (χ0v) is 12.8. The zero-order valence-electron chi connectivity index (χ0n) is 10.4. The second-order valence-corrected chi connectivity index (χ2v) is 6.88. The third kappa shape index (κ3) is 4.05. The van der Waals surface area contributed by atoms with Gasteiger partial charge in [-0.25, -0.2) is 13.1 Å². The van der Waals surface area contributed by atoms with Gasteiger partial charge in [0, 0.05) is 10.5 Å². The van der Waals surface area contributed by atoms with Gasteiger partial charge in [0.2, 0.25) is 10.0 Å². The van der Waals surface area contributed by atoms with Gasteiger partial charge >= 0.3 is 0 Å². The number of benzene rings is 1. The number of halogens is 1. The molecular formula is C12H18BrNO3S. The molecule has 0 aliphatic heterocycles. The lowest BCUT2D eigenvalue weighted by molar-refractivity contribution is 0.219. The van der Waals surface area contributed by atoms with Crippen molar-refractivity contribution in [3.05, 3.63) is 28.7 Å². The quantitative estimate of drug-likeness (QED) is 0.836. The Labute approximate surface area is 117 Å². The van der Waals surface area contributed by atoms with Crippen LogP contribution in [0.1, 0.15) is 20.3 Å². The smallest absolute Gasteiger partial charge is 0.240 e. The van der Waals surface area contributed by atoms with Gasteiger partial charge in [-0.15, -0.1) is 0 Å². The van der Waals surface area contributed by atoms with Gasteiger partial charge in [-0.05, 0) is 30.2 Å². The van der Waals surface area contributed by atoms with Crippen LogP contribution in [-0.4, -0.2) is 26.2 Å². The molecule has 4 nitrogen and oxygen atoms in total. The molecule has 1 aromatic carbocycles. The maximum atomic E-state index is 12.1. The normalized spacial score (nSPS) is 15.3. The van der Waals surface area contributed by atoms with Crippen LogP contribution < -0.4 is 4.72 Å². The maximum absolute atomic E-state index is 12.1. The van der Waals surface area contributed by atoms with Gasteiger partial charge in [0.1, 0.15) is 0 Å². The van der Waals surface area contributed by atoms with E-state index in [-0.39, 0.29) is 17.4 Å². The monoisotopic (exact) mass is 335 g/mol. The molecule has 0 saturated heterocycles. The molecule has 0 amide bonds. The first kappa shape index (κ1) is 15.6. The fourth-order valence-corrected chi connectivity index (χ4v) is 3.10. The van der Waals surface area contributed by atoms with Gasteiger partial charge in [-0.1, -0.05) is 36.2 Å². The molecule has 0 saturated carbocycles. The Balaban J connectivity index is 2.90. The lowest BCUT2D eigenvalue weighted by Gasteiger charge is -2.21. The summed E-state index contributed by atoms with van der Waals surface area (Å²) < 4.78 is 27.5. The molecule has 0 bridgehead atoms. The second-order valence-electron chi connectivity index (χ2n) is 4.25. The average molecular weight is 336 g/mol. The number of sulfonamides is 1. The lowest BCUT2D eigenvalue weighted by atomic mass is 10.0. The first-order valence-electron chi connectivity index (χ1n) is 5.79. The summed E-state index contributed by atoms with van der Waals surface area (Å²) in [6.45, 7) is 3.66. The Kier molecular flexibility index (Phi) is 5.78. The van der Waals surface area contributed by atoms with Crippen LogP contribution in [0.2, 0.25) is 0 Å². The van der Waals surface area contributed by atoms with Gasteiger partial charge in [0.05, 0.1) is 11.5 Å². The summed E-state index contributed by atoms with van der Waals surface area (Å²) in [6.07, 6.45) is 0.800. The number of rotatable bonds is 6. The summed E-state index contributed by atoms with van der Waals surface area (Å²) in [6, 6.07) is 5.94. The maximum Gasteiger partial charge on any atom is 0.240 e. The largest absolute Gasteiger partial charge is 0.395 e. The summed E-state index contributed by atoms with van der Waals surface area (Å²) in [7, 11) is -3.57. The Morgan fingerprint density at radius 3 is 2.33 bits per heavy atom. The fraction of sp³-hybridized carbons (Fsp3) is 0.500. The number of hydrogen-bond acceptors (Lipinski definition) is 3. The van der Waals surface area contributed by atoms with E-state index in [0.717, 1.165) is 10.9 Å². The molecule has 1 rings (SSSR count). The third-order valence-corrected chi connectivity index (χ3v) is 4.99. The van der Waals surface area contributed by atoms with E-state index in [0.29, 0.717) is 0 Å². The predicted octanol–water partition coefficient (Wildman–Crippen LogP) is 2.13. The Morgan fingerprint density at radius 1 is 1.33 bits per heavy atom. The third-order valence-electron chi connectivity index (χ3n) is 2.96. The highest BCUT2D eigenvalue weighted by Gasteiger charge is 2.22. The van der Waals surface area contributed by atoms with Gasteiger partial charge < -0.3 is 5.11 Å². The van der Waals surface area contributed by atoms with Crippen LogP contribution in [0.3, 0.4) is 0 Å². The van der Waals surface area contributed by atoms with Gasteiger partial charge in [-0.2, -0.15) is 0 Å². The highest BCUT2D eigenvalue weighted by atomic mass is 79.9. The highest BCUT2D eigenvalue weighted by Crippen LogP contribution is 2.16. The van der Waals surface area contributed by atoms with Crippen LogP contribution in [0.4, 0.5) is 0 Å². The number of aliphatic hydroxyl groups excluding tert-OH is 1. The van der Waals surface area contributed by atoms with Crippen molar-refractivity contribution >= 4 is 26.0 Å². The molecule has 0 radical (unpaired) electrons. The minimum absolute atomic E-state index is 0.0835. The molecule has 0 unspecified atom stereocenters. The topological polar surface area (TPSA) is 66.4 Å². The van der Waals surface area contributed by atoms with Crippen molar-refractivity contribution < 1.29 is 13.5 Å². The van der Waals surface area contributed by atoms with Crippen molar-refractivity contribution in [3.63, 3.8) is 0 Å². The second kappa shape index (κ2) is 6.65. The molecular weight excluding hydrogens is 318 g/mol. The van der Waals surface area contributed by atoms with E-state index in [2.05, 4.69) is 20.7 Å². The summed E-state index contributed by atoms with van der Waals surface area (Å²) in [5.74, 6) is 0.0835. The van der Waals surface area contributed by atoms with Crippen LogP contribution in [-0.2, 0) is 10.0 Å². The molecule has 0 heterocycles. The van der Waals surface area contributed by atoms with E-state index < -0.39 is 16.1 Å². The van der Waals surface area contributed by atoms with E-state index in [1.54, 1.807) is 12.1 Å². The molecule has 0 aliphatic carbocycles.